The van der Waals surface area contributed by atoms with Gasteiger partial charge in [0.15, 0.2) is 5.96 Å². The van der Waals surface area contributed by atoms with Crippen LogP contribution in [0.1, 0.15) is 19.8 Å². The molecule has 1 aromatic rings. The molecule has 2 fully saturated rings. The molecule has 0 spiro atoms. The number of benzene rings is 1. The number of nitrogens with zero attached hydrogens (tertiary/aromatic N) is 4. The first-order chi connectivity index (χ1) is 14.2. The number of halogens is 2. The van der Waals surface area contributed by atoms with E-state index in [0.717, 1.165) is 83.6 Å². The Morgan fingerprint density at radius 1 is 1.20 bits per heavy atom. The normalized spacial score (nSPS) is 20.4. The molecule has 30 heavy (non-hydrogen) atoms. The highest BCUT2D eigenvalue weighted by atomic mass is 127. The predicted molar refractivity (Wildman–Crippen MR) is 133 cm³/mol. The third kappa shape index (κ3) is 7.23. The lowest BCUT2D eigenvalue weighted by atomic mass is 10.1. The molecule has 1 aromatic carbocycles. The van der Waals surface area contributed by atoms with Crippen LogP contribution in [0.25, 0.3) is 0 Å². The molecule has 0 radical (unpaired) electrons. The summed E-state index contributed by atoms with van der Waals surface area (Å²) in [6.45, 7) is 11.5. The predicted octanol–water partition coefficient (Wildman–Crippen LogP) is 2.89. The van der Waals surface area contributed by atoms with Crippen molar-refractivity contribution in [1.29, 1.82) is 0 Å². The van der Waals surface area contributed by atoms with Gasteiger partial charge in [-0.05, 0) is 31.9 Å². The van der Waals surface area contributed by atoms with Crippen LogP contribution in [0, 0.1) is 11.7 Å². The van der Waals surface area contributed by atoms with E-state index in [1.54, 1.807) is 19.2 Å². The number of hydrogen-bond acceptors (Lipinski definition) is 4. The summed E-state index contributed by atoms with van der Waals surface area (Å²) in [6.07, 6.45) is 2.22. The van der Waals surface area contributed by atoms with Crippen molar-refractivity contribution in [3.8, 4) is 0 Å². The zero-order valence-electron chi connectivity index (χ0n) is 18.4. The molecular weight excluding hydrogens is 496 g/mol. The molecule has 2 aliphatic heterocycles. The van der Waals surface area contributed by atoms with Gasteiger partial charge in [0.05, 0.1) is 12.3 Å². The summed E-state index contributed by atoms with van der Waals surface area (Å²) in [7, 11) is 1.78. The number of aliphatic imine (C=N–C) groups is 1. The first-order valence-corrected chi connectivity index (χ1v) is 10.9. The van der Waals surface area contributed by atoms with Gasteiger partial charge >= 0.3 is 0 Å². The average molecular weight is 533 g/mol. The van der Waals surface area contributed by atoms with Crippen molar-refractivity contribution >= 4 is 35.6 Å². The fourth-order valence-corrected chi connectivity index (χ4v) is 4.22. The van der Waals surface area contributed by atoms with Gasteiger partial charge in [0.2, 0.25) is 0 Å². The number of nitrogens with one attached hydrogen (secondary N) is 1. The van der Waals surface area contributed by atoms with Gasteiger partial charge in [-0.1, -0.05) is 12.1 Å². The van der Waals surface area contributed by atoms with Gasteiger partial charge in [-0.25, -0.2) is 4.39 Å². The van der Waals surface area contributed by atoms with E-state index in [9.17, 15) is 4.39 Å². The van der Waals surface area contributed by atoms with Crippen LogP contribution in [-0.2, 0) is 4.74 Å². The van der Waals surface area contributed by atoms with Gasteiger partial charge < -0.3 is 19.9 Å². The van der Waals surface area contributed by atoms with Crippen molar-refractivity contribution in [2.75, 3.05) is 77.5 Å². The molecule has 2 aliphatic rings. The fraction of sp³-hybridized carbons (Fsp3) is 0.682. The quantitative estimate of drug-likeness (QED) is 0.241. The summed E-state index contributed by atoms with van der Waals surface area (Å²) < 4.78 is 19.3. The molecule has 1 unspecified atom stereocenters. The van der Waals surface area contributed by atoms with Crippen LogP contribution in [-0.4, -0.2) is 88.4 Å². The highest BCUT2D eigenvalue weighted by molar-refractivity contribution is 14.0. The van der Waals surface area contributed by atoms with Crippen molar-refractivity contribution in [3.05, 3.63) is 30.1 Å². The smallest absolute Gasteiger partial charge is 0.193 e. The fourth-order valence-electron chi connectivity index (χ4n) is 4.22. The number of likely N-dealkylation sites (tertiary alicyclic amines) is 1. The SMILES string of the molecule is CCNC(=NCCCN1CCN(c2ccccc2F)CC1)N1CCC(COC)C1.I. The van der Waals surface area contributed by atoms with E-state index in [1.807, 2.05) is 12.1 Å². The van der Waals surface area contributed by atoms with E-state index in [2.05, 4.69) is 26.9 Å². The van der Waals surface area contributed by atoms with Gasteiger partial charge in [0.1, 0.15) is 5.82 Å². The molecular formula is C22H37FIN5O. The molecule has 0 aliphatic carbocycles. The standard InChI is InChI=1S/C22H36FN5O.HI/c1-3-24-22(28-12-9-19(17-28)18-29-2)25-10-6-11-26-13-15-27(16-14-26)21-8-5-4-7-20(21)23;/h4-5,7-8,19H,3,6,9-18H2,1-2H3,(H,24,25);1H. The minimum atomic E-state index is -0.124. The minimum Gasteiger partial charge on any atom is -0.384 e. The number of ether oxygens (including phenoxy) is 1. The van der Waals surface area contributed by atoms with Gasteiger partial charge in [-0.3, -0.25) is 9.89 Å². The van der Waals surface area contributed by atoms with Crippen molar-refractivity contribution in [3.63, 3.8) is 0 Å². The highest BCUT2D eigenvalue weighted by Crippen LogP contribution is 2.20. The Morgan fingerprint density at radius 2 is 1.97 bits per heavy atom. The first-order valence-electron chi connectivity index (χ1n) is 10.9. The number of rotatable bonds is 8. The lowest BCUT2D eigenvalue weighted by molar-refractivity contribution is 0.157. The van der Waals surface area contributed by atoms with Crippen LogP contribution in [0.15, 0.2) is 29.3 Å². The molecule has 0 aromatic heterocycles. The lowest BCUT2D eigenvalue weighted by Crippen LogP contribution is -2.47. The molecule has 8 heteroatoms. The molecule has 3 rings (SSSR count). The Hall–Kier alpha value is -1.13. The van der Waals surface area contributed by atoms with Crippen LogP contribution in [0.5, 0.6) is 0 Å². The molecule has 2 saturated heterocycles. The summed E-state index contributed by atoms with van der Waals surface area (Å²) in [4.78, 5) is 11.8. The average Bonchev–Trinajstić information content (AvgIpc) is 3.20. The molecule has 0 bridgehead atoms. The Kier molecular flexibility index (Phi) is 11.2. The van der Waals surface area contributed by atoms with Crippen LogP contribution in [0.3, 0.4) is 0 Å². The maximum Gasteiger partial charge on any atom is 0.193 e. The largest absolute Gasteiger partial charge is 0.384 e. The second-order valence-corrected chi connectivity index (χ2v) is 7.93. The summed E-state index contributed by atoms with van der Waals surface area (Å²) in [5, 5.41) is 3.43. The molecule has 1 atom stereocenters. The molecule has 2 heterocycles. The van der Waals surface area contributed by atoms with E-state index < -0.39 is 0 Å². The summed E-state index contributed by atoms with van der Waals surface area (Å²) in [5.41, 5.74) is 0.726. The first kappa shape index (κ1) is 25.1. The second-order valence-electron chi connectivity index (χ2n) is 7.93. The Balaban J connectivity index is 0.00000320. The molecule has 170 valence electrons. The van der Waals surface area contributed by atoms with Crippen LogP contribution < -0.4 is 10.2 Å². The number of methoxy groups -OCH3 is 1. The molecule has 0 saturated carbocycles. The Labute approximate surface area is 197 Å². The zero-order valence-corrected chi connectivity index (χ0v) is 20.7. The lowest BCUT2D eigenvalue weighted by Gasteiger charge is -2.36. The van der Waals surface area contributed by atoms with Crippen LogP contribution >= 0.6 is 24.0 Å². The summed E-state index contributed by atoms with van der Waals surface area (Å²) in [6, 6.07) is 7.07. The van der Waals surface area contributed by atoms with Crippen molar-refractivity contribution < 1.29 is 9.13 Å². The number of anilines is 1. The van der Waals surface area contributed by atoms with E-state index in [0.29, 0.717) is 5.92 Å². The second kappa shape index (κ2) is 13.3. The number of guanidine groups is 1. The third-order valence-electron chi connectivity index (χ3n) is 5.78. The van der Waals surface area contributed by atoms with Gasteiger partial charge in [0, 0.05) is 71.9 Å². The van der Waals surface area contributed by atoms with E-state index in [4.69, 9.17) is 9.73 Å². The van der Waals surface area contributed by atoms with Crippen molar-refractivity contribution in [2.45, 2.75) is 19.8 Å². The van der Waals surface area contributed by atoms with Gasteiger partial charge in [-0.2, -0.15) is 0 Å². The Bertz CT molecular complexity index is 654. The topological polar surface area (TPSA) is 43.3 Å². The maximum absolute atomic E-state index is 14.0. The zero-order chi connectivity index (χ0) is 20.5. The third-order valence-corrected chi connectivity index (χ3v) is 5.78. The highest BCUT2D eigenvalue weighted by Gasteiger charge is 2.24. The van der Waals surface area contributed by atoms with Gasteiger partial charge in [0.25, 0.3) is 0 Å². The van der Waals surface area contributed by atoms with E-state index >= 15 is 0 Å². The Morgan fingerprint density at radius 3 is 2.67 bits per heavy atom. The molecule has 6 nitrogen and oxygen atoms in total. The summed E-state index contributed by atoms with van der Waals surface area (Å²) >= 11 is 0. The van der Waals surface area contributed by atoms with Crippen molar-refractivity contribution in [1.82, 2.24) is 15.1 Å². The van der Waals surface area contributed by atoms with E-state index in [1.165, 1.54) is 6.42 Å². The number of piperazine rings is 1. The van der Waals surface area contributed by atoms with Gasteiger partial charge in [-0.15, -0.1) is 24.0 Å². The van der Waals surface area contributed by atoms with Crippen LogP contribution in [0.2, 0.25) is 0 Å². The molecule has 1 N–H and O–H groups in total. The summed E-state index contributed by atoms with van der Waals surface area (Å²) in [5.74, 6) is 1.52. The molecule has 0 amide bonds. The van der Waals surface area contributed by atoms with Crippen molar-refractivity contribution in [2.24, 2.45) is 10.9 Å². The van der Waals surface area contributed by atoms with Crippen LogP contribution in [0.4, 0.5) is 10.1 Å². The monoisotopic (exact) mass is 533 g/mol. The number of para-hydroxylation sites is 1. The maximum atomic E-state index is 14.0. The minimum absolute atomic E-state index is 0. The number of hydrogen-bond donors (Lipinski definition) is 1. The van der Waals surface area contributed by atoms with E-state index in [-0.39, 0.29) is 29.8 Å².